The molecule has 1 aliphatic carbocycles. The molecular formula is C27H23N3O6. The van der Waals surface area contributed by atoms with Crippen LogP contribution in [0.5, 0.6) is 17.2 Å². The normalized spacial score (nSPS) is 14.4. The SMILES string of the molecule is N#Cc1nc(C(=O)NC(CC2=CC=CCC2)C(O)C(=O)O)c(O)c2ccc(Oc3ccccc3)cc12. The molecule has 4 N–H and O–H groups in total. The van der Waals surface area contributed by atoms with Crippen molar-refractivity contribution < 1.29 is 29.6 Å². The first-order valence-electron chi connectivity index (χ1n) is 11.2. The van der Waals surface area contributed by atoms with Gasteiger partial charge in [0.1, 0.15) is 23.3 Å². The number of fused-ring (bicyclic) bond motifs is 1. The predicted octanol–water partition coefficient (Wildman–Crippen LogP) is 3.81. The topological polar surface area (TPSA) is 153 Å². The standard InChI is InChI=1S/C27H23N3O6/c28-15-22-20-14-18(36-17-9-5-2-6-10-17)11-12-19(20)24(31)23(29-22)26(33)30-21(25(32)27(34)35)13-16-7-3-1-4-8-16/h1-3,5-7,9-12,14,21,25,31-32H,4,8,13H2,(H,30,33)(H,34,35). The minimum Gasteiger partial charge on any atom is -0.505 e. The van der Waals surface area contributed by atoms with Gasteiger partial charge in [-0.2, -0.15) is 5.26 Å². The van der Waals surface area contributed by atoms with Crippen LogP contribution in [-0.2, 0) is 4.79 Å². The molecule has 9 nitrogen and oxygen atoms in total. The molecule has 3 aromatic rings. The number of carbonyl (C=O) groups is 2. The number of para-hydroxylation sites is 1. The Morgan fingerprint density at radius 2 is 1.92 bits per heavy atom. The number of allylic oxidation sites excluding steroid dienone is 3. The molecule has 1 aromatic heterocycles. The van der Waals surface area contributed by atoms with Crippen LogP contribution >= 0.6 is 0 Å². The van der Waals surface area contributed by atoms with Gasteiger partial charge in [0.25, 0.3) is 5.91 Å². The van der Waals surface area contributed by atoms with E-state index in [4.69, 9.17) is 4.74 Å². The maximum absolute atomic E-state index is 13.1. The Morgan fingerprint density at radius 1 is 1.14 bits per heavy atom. The molecule has 182 valence electrons. The van der Waals surface area contributed by atoms with Crippen LogP contribution < -0.4 is 10.1 Å². The zero-order valence-electron chi connectivity index (χ0n) is 19.1. The van der Waals surface area contributed by atoms with Gasteiger partial charge in [-0.25, -0.2) is 9.78 Å². The van der Waals surface area contributed by atoms with Crippen LogP contribution in [0.1, 0.15) is 35.4 Å². The number of aliphatic hydroxyl groups excluding tert-OH is 1. The molecule has 0 saturated heterocycles. The minimum absolute atomic E-state index is 0.100. The number of pyridine rings is 1. The van der Waals surface area contributed by atoms with Crippen molar-refractivity contribution in [3.05, 3.63) is 83.7 Å². The van der Waals surface area contributed by atoms with Crippen molar-refractivity contribution >= 4 is 22.6 Å². The van der Waals surface area contributed by atoms with Crippen molar-refractivity contribution in [2.75, 3.05) is 0 Å². The molecule has 1 amide bonds. The van der Waals surface area contributed by atoms with Crippen LogP contribution in [0.15, 0.2) is 72.3 Å². The first-order chi connectivity index (χ1) is 17.4. The molecule has 0 bridgehead atoms. The Balaban J connectivity index is 1.65. The van der Waals surface area contributed by atoms with E-state index in [0.29, 0.717) is 17.9 Å². The summed E-state index contributed by atoms with van der Waals surface area (Å²) >= 11 is 0. The van der Waals surface area contributed by atoms with E-state index in [1.165, 1.54) is 12.1 Å². The van der Waals surface area contributed by atoms with E-state index >= 15 is 0 Å². The minimum atomic E-state index is -1.88. The molecule has 0 saturated carbocycles. The molecule has 4 rings (SSSR count). The Bertz CT molecular complexity index is 1410. The molecule has 36 heavy (non-hydrogen) atoms. The summed E-state index contributed by atoms with van der Waals surface area (Å²) in [7, 11) is 0. The third kappa shape index (κ3) is 5.35. The van der Waals surface area contributed by atoms with Crippen LogP contribution in [0, 0.1) is 11.3 Å². The number of carbonyl (C=O) groups excluding carboxylic acids is 1. The lowest BCUT2D eigenvalue weighted by Crippen LogP contribution is -2.47. The van der Waals surface area contributed by atoms with Crippen LogP contribution in [0.25, 0.3) is 10.8 Å². The molecule has 1 heterocycles. The van der Waals surface area contributed by atoms with Gasteiger partial charge in [0.05, 0.1) is 6.04 Å². The zero-order chi connectivity index (χ0) is 25.7. The van der Waals surface area contributed by atoms with Gasteiger partial charge >= 0.3 is 5.97 Å². The van der Waals surface area contributed by atoms with Crippen LogP contribution in [0.3, 0.4) is 0 Å². The van der Waals surface area contributed by atoms with Crippen molar-refractivity contribution in [2.24, 2.45) is 0 Å². The summed E-state index contributed by atoms with van der Waals surface area (Å²) in [6, 6.07) is 14.4. The summed E-state index contributed by atoms with van der Waals surface area (Å²) in [6.45, 7) is 0. The number of hydrogen-bond acceptors (Lipinski definition) is 7. The fourth-order valence-electron chi connectivity index (χ4n) is 3.97. The molecule has 2 aromatic carbocycles. The van der Waals surface area contributed by atoms with Gasteiger partial charge in [0.2, 0.25) is 0 Å². The fraction of sp³-hybridized carbons (Fsp3) is 0.185. The van der Waals surface area contributed by atoms with E-state index in [-0.39, 0.29) is 22.9 Å². The highest BCUT2D eigenvalue weighted by Crippen LogP contribution is 2.33. The summed E-state index contributed by atoms with van der Waals surface area (Å²) in [6.07, 6.45) is 5.26. The van der Waals surface area contributed by atoms with E-state index in [1.54, 1.807) is 18.2 Å². The molecule has 1 aliphatic rings. The molecule has 0 aliphatic heterocycles. The number of benzene rings is 2. The number of aromatic hydroxyl groups is 1. The quantitative estimate of drug-likeness (QED) is 0.376. The van der Waals surface area contributed by atoms with Gasteiger partial charge in [-0.3, -0.25) is 4.79 Å². The van der Waals surface area contributed by atoms with Crippen LogP contribution in [0.4, 0.5) is 0 Å². The van der Waals surface area contributed by atoms with Crippen molar-refractivity contribution in [1.82, 2.24) is 10.3 Å². The molecule has 0 radical (unpaired) electrons. The summed E-state index contributed by atoms with van der Waals surface area (Å²) in [5, 5.41) is 43.0. The largest absolute Gasteiger partial charge is 0.505 e. The smallest absolute Gasteiger partial charge is 0.334 e. The first-order valence-corrected chi connectivity index (χ1v) is 11.2. The average Bonchev–Trinajstić information content (AvgIpc) is 2.89. The number of carboxylic acids is 1. The number of nitrogens with zero attached hydrogens (tertiary/aromatic N) is 2. The third-order valence-corrected chi connectivity index (χ3v) is 5.78. The second kappa shape index (κ2) is 10.7. The maximum Gasteiger partial charge on any atom is 0.334 e. The highest BCUT2D eigenvalue weighted by atomic mass is 16.5. The zero-order valence-corrected chi connectivity index (χ0v) is 19.1. The molecule has 0 spiro atoms. The molecule has 9 heteroatoms. The van der Waals surface area contributed by atoms with E-state index in [9.17, 15) is 30.2 Å². The maximum atomic E-state index is 13.1. The lowest BCUT2D eigenvalue weighted by molar-refractivity contribution is -0.148. The summed E-state index contributed by atoms with van der Waals surface area (Å²) in [5.74, 6) is -1.89. The lowest BCUT2D eigenvalue weighted by Gasteiger charge is -2.23. The third-order valence-electron chi connectivity index (χ3n) is 5.78. The Labute approximate surface area is 206 Å². The van der Waals surface area contributed by atoms with Crippen molar-refractivity contribution in [2.45, 2.75) is 31.4 Å². The molecule has 2 atom stereocenters. The summed E-state index contributed by atoms with van der Waals surface area (Å²) in [5.41, 5.74) is 0.292. The number of aliphatic carboxylic acids is 1. The number of amides is 1. The average molecular weight is 485 g/mol. The molecule has 2 unspecified atom stereocenters. The van der Waals surface area contributed by atoms with Gasteiger partial charge in [-0.1, -0.05) is 42.0 Å². The monoisotopic (exact) mass is 485 g/mol. The number of aliphatic hydroxyl groups is 1. The second-order valence-electron chi connectivity index (χ2n) is 8.25. The van der Waals surface area contributed by atoms with Gasteiger partial charge in [0.15, 0.2) is 17.5 Å². The number of carboxylic acid groups (broad SMARTS) is 1. The first kappa shape index (κ1) is 24.4. The number of nitriles is 1. The highest BCUT2D eigenvalue weighted by Gasteiger charge is 2.30. The van der Waals surface area contributed by atoms with Gasteiger partial charge in [0, 0.05) is 10.8 Å². The Hall–Kier alpha value is -4.68. The number of rotatable bonds is 8. The number of nitrogens with one attached hydrogen (secondary N) is 1. The second-order valence-corrected chi connectivity index (χ2v) is 8.25. The number of ether oxygens (including phenoxy) is 1. The van der Waals surface area contributed by atoms with E-state index in [1.807, 2.05) is 42.5 Å². The molecular weight excluding hydrogens is 462 g/mol. The fourth-order valence-corrected chi connectivity index (χ4v) is 3.97. The van der Waals surface area contributed by atoms with Crippen molar-refractivity contribution in [1.29, 1.82) is 5.26 Å². The summed E-state index contributed by atoms with van der Waals surface area (Å²) in [4.78, 5) is 28.5. The highest BCUT2D eigenvalue weighted by molar-refractivity contribution is 6.03. The molecule has 0 fully saturated rings. The van der Waals surface area contributed by atoms with Crippen LogP contribution in [0.2, 0.25) is 0 Å². The van der Waals surface area contributed by atoms with E-state index < -0.39 is 35.5 Å². The van der Waals surface area contributed by atoms with E-state index in [0.717, 1.165) is 12.0 Å². The van der Waals surface area contributed by atoms with Crippen molar-refractivity contribution in [3.63, 3.8) is 0 Å². The van der Waals surface area contributed by atoms with Gasteiger partial charge < -0.3 is 25.4 Å². The van der Waals surface area contributed by atoms with Gasteiger partial charge in [-0.15, -0.1) is 0 Å². The number of aromatic nitrogens is 1. The lowest BCUT2D eigenvalue weighted by atomic mass is 9.95. The predicted molar refractivity (Wildman–Crippen MR) is 131 cm³/mol. The van der Waals surface area contributed by atoms with Gasteiger partial charge in [-0.05, 0) is 49.6 Å². The Morgan fingerprint density at radius 3 is 2.58 bits per heavy atom. The van der Waals surface area contributed by atoms with Crippen LogP contribution in [-0.4, -0.2) is 44.3 Å². The summed E-state index contributed by atoms with van der Waals surface area (Å²) < 4.78 is 5.79. The van der Waals surface area contributed by atoms with E-state index in [2.05, 4.69) is 10.3 Å². The number of hydrogen-bond donors (Lipinski definition) is 4. The Kier molecular flexibility index (Phi) is 7.28. The van der Waals surface area contributed by atoms with Crippen molar-refractivity contribution in [3.8, 4) is 23.3 Å².